The molecule has 1 aromatic rings. The van der Waals surface area contributed by atoms with Gasteiger partial charge in [-0.2, -0.15) is 4.98 Å². The van der Waals surface area contributed by atoms with Gasteiger partial charge in [0.2, 0.25) is 5.91 Å². The maximum absolute atomic E-state index is 11.9. The molecule has 0 fully saturated rings. The van der Waals surface area contributed by atoms with E-state index in [0.29, 0.717) is 23.4 Å². The van der Waals surface area contributed by atoms with Crippen molar-refractivity contribution in [2.45, 2.75) is 46.1 Å². The Hall–Kier alpha value is -2.18. The number of rotatable bonds is 6. The van der Waals surface area contributed by atoms with Gasteiger partial charge >= 0.3 is 11.7 Å². The SMILES string of the molecule is CCC(CC(=O)O)NC(=O)Cc1c(C)nc(=O)[nH]c1C. The van der Waals surface area contributed by atoms with Crippen molar-refractivity contribution in [1.82, 2.24) is 15.3 Å². The van der Waals surface area contributed by atoms with Crippen molar-refractivity contribution in [3.05, 3.63) is 27.4 Å². The summed E-state index contributed by atoms with van der Waals surface area (Å²) in [4.78, 5) is 40.0. The third kappa shape index (κ3) is 4.49. The molecular formula is C13H19N3O4. The molecule has 1 unspecified atom stereocenters. The lowest BCUT2D eigenvalue weighted by atomic mass is 10.1. The van der Waals surface area contributed by atoms with Gasteiger partial charge in [-0.3, -0.25) is 9.59 Å². The van der Waals surface area contributed by atoms with E-state index in [4.69, 9.17) is 5.11 Å². The average Bonchev–Trinajstić information content (AvgIpc) is 2.32. The van der Waals surface area contributed by atoms with Crippen LogP contribution in [0.15, 0.2) is 4.79 Å². The summed E-state index contributed by atoms with van der Waals surface area (Å²) in [6.07, 6.45) is 0.502. The second kappa shape index (κ2) is 6.83. The molecule has 0 aliphatic carbocycles. The lowest BCUT2D eigenvalue weighted by Gasteiger charge is -2.15. The van der Waals surface area contributed by atoms with E-state index in [1.54, 1.807) is 13.8 Å². The van der Waals surface area contributed by atoms with Crippen LogP contribution in [0.25, 0.3) is 0 Å². The number of aromatic amines is 1. The Labute approximate surface area is 116 Å². The summed E-state index contributed by atoms with van der Waals surface area (Å²) in [7, 11) is 0. The Morgan fingerprint density at radius 1 is 1.40 bits per heavy atom. The number of carboxylic acid groups (broad SMARTS) is 1. The standard InChI is InChI=1S/C13H19N3O4/c1-4-9(5-12(18)19)16-11(17)6-10-7(2)14-13(20)15-8(10)3/h9H,4-6H2,1-3H3,(H,16,17)(H,18,19)(H,14,15,20). The highest BCUT2D eigenvalue weighted by Crippen LogP contribution is 2.08. The molecule has 0 saturated carbocycles. The van der Waals surface area contributed by atoms with Crippen LogP contribution >= 0.6 is 0 Å². The molecule has 0 bridgehead atoms. The van der Waals surface area contributed by atoms with E-state index in [2.05, 4.69) is 15.3 Å². The fourth-order valence-electron chi connectivity index (χ4n) is 1.96. The first-order valence-corrected chi connectivity index (χ1v) is 6.41. The van der Waals surface area contributed by atoms with Crippen molar-refractivity contribution >= 4 is 11.9 Å². The van der Waals surface area contributed by atoms with Crippen LogP contribution in [0.4, 0.5) is 0 Å². The Morgan fingerprint density at radius 2 is 2.05 bits per heavy atom. The van der Waals surface area contributed by atoms with Crippen molar-refractivity contribution in [1.29, 1.82) is 0 Å². The molecule has 0 radical (unpaired) electrons. The van der Waals surface area contributed by atoms with Crippen molar-refractivity contribution in [3.63, 3.8) is 0 Å². The summed E-state index contributed by atoms with van der Waals surface area (Å²) in [5.41, 5.74) is 1.32. The van der Waals surface area contributed by atoms with Crippen molar-refractivity contribution < 1.29 is 14.7 Å². The Morgan fingerprint density at radius 3 is 2.55 bits per heavy atom. The van der Waals surface area contributed by atoms with E-state index in [9.17, 15) is 14.4 Å². The maximum atomic E-state index is 11.9. The second-order valence-corrected chi connectivity index (χ2v) is 4.68. The Bertz CT molecular complexity index is 539. The first-order valence-electron chi connectivity index (χ1n) is 6.41. The summed E-state index contributed by atoms with van der Waals surface area (Å²) in [5, 5.41) is 11.4. The molecule has 110 valence electrons. The molecule has 1 aromatic heterocycles. The van der Waals surface area contributed by atoms with E-state index in [1.807, 2.05) is 6.92 Å². The second-order valence-electron chi connectivity index (χ2n) is 4.68. The number of carbonyl (C=O) groups is 2. The zero-order valence-corrected chi connectivity index (χ0v) is 11.8. The van der Waals surface area contributed by atoms with Gasteiger partial charge in [-0.25, -0.2) is 4.79 Å². The number of nitrogens with zero attached hydrogens (tertiary/aromatic N) is 1. The minimum absolute atomic E-state index is 0.0670. The molecule has 1 amide bonds. The molecule has 0 saturated heterocycles. The molecule has 0 aromatic carbocycles. The molecular weight excluding hydrogens is 262 g/mol. The summed E-state index contributed by atoms with van der Waals surface area (Å²) in [6, 6.07) is -0.392. The number of hydrogen-bond acceptors (Lipinski definition) is 4. The van der Waals surface area contributed by atoms with E-state index in [1.165, 1.54) is 0 Å². The molecule has 0 spiro atoms. The highest BCUT2D eigenvalue weighted by atomic mass is 16.4. The highest BCUT2D eigenvalue weighted by molar-refractivity contribution is 5.80. The number of amides is 1. The minimum Gasteiger partial charge on any atom is -0.481 e. The zero-order valence-electron chi connectivity index (χ0n) is 11.8. The number of nitrogens with one attached hydrogen (secondary N) is 2. The van der Waals surface area contributed by atoms with E-state index in [0.717, 1.165) is 0 Å². The molecule has 0 aliphatic rings. The van der Waals surface area contributed by atoms with Gasteiger partial charge in [-0.1, -0.05) is 6.92 Å². The molecule has 20 heavy (non-hydrogen) atoms. The highest BCUT2D eigenvalue weighted by Gasteiger charge is 2.16. The minimum atomic E-state index is -0.949. The number of carbonyl (C=O) groups excluding carboxylic acids is 1. The van der Waals surface area contributed by atoms with Crippen LogP contribution in [0, 0.1) is 13.8 Å². The van der Waals surface area contributed by atoms with Crippen LogP contribution in [0.5, 0.6) is 0 Å². The quantitative estimate of drug-likeness (QED) is 0.694. The van der Waals surface area contributed by atoms with Crippen LogP contribution < -0.4 is 11.0 Å². The summed E-state index contributed by atoms with van der Waals surface area (Å²) in [5.74, 6) is -1.23. The van der Waals surface area contributed by atoms with E-state index < -0.39 is 17.7 Å². The summed E-state index contributed by atoms with van der Waals surface area (Å²) < 4.78 is 0. The third-order valence-electron chi connectivity index (χ3n) is 3.07. The number of H-pyrrole nitrogens is 1. The number of aliphatic carboxylic acids is 1. The predicted molar refractivity (Wildman–Crippen MR) is 72.5 cm³/mol. The predicted octanol–water partition coefficient (Wildman–Crippen LogP) is 0.299. The fourth-order valence-corrected chi connectivity index (χ4v) is 1.96. The molecule has 7 heteroatoms. The van der Waals surface area contributed by atoms with Gasteiger partial charge < -0.3 is 15.4 Å². The topological polar surface area (TPSA) is 112 Å². The molecule has 3 N–H and O–H groups in total. The normalized spacial score (nSPS) is 11.9. The van der Waals surface area contributed by atoms with Crippen LogP contribution in [0.2, 0.25) is 0 Å². The van der Waals surface area contributed by atoms with Crippen LogP contribution in [0.3, 0.4) is 0 Å². The van der Waals surface area contributed by atoms with Gasteiger partial charge in [0.1, 0.15) is 0 Å². The first-order chi connectivity index (χ1) is 9.33. The lowest BCUT2D eigenvalue weighted by molar-refractivity contribution is -0.137. The lowest BCUT2D eigenvalue weighted by Crippen LogP contribution is -2.37. The summed E-state index contributed by atoms with van der Waals surface area (Å²) in [6.45, 7) is 5.18. The van der Waals surface area contributed by atoms with Crippen molar-refractivity contribution in [2.24, 2.45) is 0 Å². The average molecular weight is 281 g/mol. The number of aromatic nitrogens is 2. The van der Waals surface area contributed by atoms with Gasteiger partial charge in [0.05, 0.1) is 12.8 Å². The van der Waals surface area contributed by atoms with Crippen LogP contribution in [-0.2, 0) is 16.0 Å². The van der Waals surface area contributed by atoms with Crippen molar-refractivity contribution in [3.8, 4) is 0 Å². The summed E-state index contributed by atoms with van der Waals surface area (Å²) >= 11 is 0. The molecule has 7 nitrogen and oxygen atoms in total. The van der Waals surface area contributed by atoms with E-state index >= 15 is 0 Å². The Kier molecular flexibility index (Phi) is 5.42. The van der Waals surface area contributed by atoms with Gasteiger partial charge in [0, 0.05) is 23.0 Å². The molecule has 1 rings (SSSR count). The zero-order chi connectivity index (χ0) is 15.3. The largest absolute Gasteiger partial charge is 0.481 e. The number of hydrogen-bond donors (Lipinski definition) is 3. The monoisotopic (exact) mass is 281 g/mol. The maximum Gasteiger partial charge on any atom is 0.345 e. The third-order valence-corrected chi connectivity index (χ3v) is 3.07. The number of carboxylic acids is 1. The van der Waals surface area contributed by atoms with Crippen LogP contribution in [-0.4, -0.2) is 33.0 Å². The van der Waals surface area contributed by atoms with Gasteiger partial charge in [-0.15, -0.1) is 0 Å². The van der Waals surface area contributed by atoms with E-state index in [-0.39, 0.29) is 18.7 Å². The van der Waals surface area contributed by atoms with Gasteiger partial charge in [-0.05, 0) is 20.3 Å². The molecule has 1 heterocycles. The smallest absolute Gasteiger partial charge is 0.345 e. The number of aryl methyl sites for hydroxylation is 2. The van der Waals surface area contributed by atoms with Gasteiger partial charge in [0.25, 0.3) is 0 Å². The molecule has 1 atom stereocenters. The van der Waals surface area contributed by atoms with Crippen LogP contribution in [0.1, 0.15) is 36.7 Å². The Balaban J connectivity index is 2.76. The van der Waals surface area contributed by atoms with Crippen molar-refractivity contribution in [2.75, 3.05) is 0 Å². The first kappa shape index (κ1) is 15.9. The van der Waals surface area contributed by atoms with Gasteiger partial charge in [0.15, 0.2) is 0 Å². The molecule has 0 aliphatic heterocycles. The fraction of sp³-hybridized carbons (Fsp3) is 0.538.